The third-order valence-electron chi connectivity index (χ3n) is 1.43. The van der Waals surface area contributed by atoms with Crippen molar-refractivity contribution in [3.63, 3.8) is 0 Å². The van der Waals surface area contributed by atoms with E-state index in [1.165, 1.54) is 0 Å². The van der Waals surface area contributed by atoms with Crippen LogP contribution < -0.4 is 10.6 Å². The van der Waals surface area contributed by atoms with Crippen LogP contribution in [0.3, 0.4) is 0 Å². The van der Waals surface area contributed by atoms with Crippen LogP contribution in [-0.2, 0) is 0 Å². The number of nitrogens with one attached hydrogen (secondary N) is 2. The SMILES string of the molecule is CCC1=NC(C)(C)NC(=S)N1. The standard InChI is InChI=1S/C7H13N3S/c1-4-5-8-6(11)10-7(2,3)9-5/h4H2,1-3H3,(H2,8,9,10,11). The van der Waals surface area contributed by atoms with Gasteiger partial charge in [-0.25, -0.2) is 4.99 Å². The van der Waals surface area contributed by atoms with Crippen molar-refractivity contribution in [1.29, 1.82) is 0 Å². The van der Waals surface area contributed by atoms with Crippen LogP contribution >= 0.6 is 12.2 Å². The van der Waals surface area contributed by atoms with Gasteiger partial charge in [-0.05, 0) is 26.1 Å². The second-order valence-electron chi connectivity index (χ2n) is 3.05. The van der Waals surface area contributed by atoms with E-state index in [1.807, 2.05) is 13.8 Å². The number of thiocarbonyl (C=S) groups is 1. The molecule has 1 aliphatic heterocycles. The van der Waals surface area contributed by atoms with Crippen molar-refractivity contribution >= 4 is 23.2 Å². The Labute approximate surface area is 72.3 Å². The molecule has 0 aliphatic carbocycles. The maximum Gasteiger partial charge on any atom is 0.173 e. The molecule has 0 radical (unpaired) electrons. The van der Waals surface area contributed by atoms with Gasteiger partial charge in [0.05, 0.1) is 0 Å². The first-order chi connectivity index (χ1) is 5.03. The van der Waals surface area contributed by atoms with Gasteiger partial charge in [-0.1, -0.05) is 6.92 Å². The second-order valence-corrected chi connectivity index (χ2v) is 3.46. The van der Waals surface area contributed by atoms with Crippen LogP contribution in [0, 0.1) is 0 Å². The molecule has 0 aromatic rings. The van der Waals surface area contributed by atoms with Gasteiger partial charge in [0.15, 0.2) is 5.11 Å². The summed E-state index contributed by atoms with van der Waals surface area (Å²) in [5.74, 6) is 0.957. The maximum absolute atomic E-state index is 4.99. The number of rotatable bonds is 1. The van der Waals surface area contributed by atoms with E-state index in [1.54, 1.807) is 0 Å². The Morgan fingerprint density at radius 1 is 1.55 bits per heavy atom. The van der Waals surface area contributed by atoms with Crippen LogP contribution in [0.5, 0.6) is 0 Å². The number of hydrogen-bond acceptors (Lipinski definition) is 2. The van der Waals surface area contributed by atoms with Gasteiger partial charge >= 0.3 is 0 Å². The van der Waals surface area contributed by atoms with Gasteiger partial charge < -0.3 is 10.6 Å². The zero-order valence-electron chi connectivity index (χ0n) is 7.06. The lowest BCUT2D eigenvalue weighted by Crippen LogP contribution is -2.54. The molecule has 62 valence electrons. The number of hydrogen-bond donors (Lipinski definition) is 2. The molecule has 0 aromatic heterocycles. The molecule has 1 aliphatic rings. The van der Waals surface area contributed by atoms with E-state index in [2.05, 4.69) is 22.5 Å². The van der Waals surface area contributed by atoms with Crippen LogP contribution in [0.25, 0.3) is 0 Å². The third-order valence-corrected chi connectivity index (χ3v) is 1.63. The van der Waals surface area contributed by atoms with Crippen molar-refractivity contribution in [3.05, 3.63) is 0 Å². The van der Waals surface area contributed by atoms with E-state index in [0.717, 1.165) is 12.3 Å². The molecule has 1 rings (SSSR count). The van der Waals surface area contributed by atoms with E-state index >= 15 is 0 Å². The van der Waals surface area contributed by atoms with Gasteiger partial charge in [-0.2, -0.15) is 0 Å². The molecule has 0 bridgehead atoms. The summed E-state index contributed by atoms with van der Waals surface area (Å²) in [6, 6.07) is 0. The summed E-state index contributed by atoms with van der Waals surface area (Å²) in [7, 11) is 0. The van der Waals surface area contributed by atoms with Crippen molar-refractivity contribution in [2.75, 3.05) is 0 Å². The zero-order valence-corrected chi connectivity index (χ0v) is 7.88. The lowest BCUT2D eigenvalue weighted by atomic mass is 10.2. The van der Waals surface area contributed by atoms with Gasteiger partial charge in [0.2, 0.25) is 0 Å². The largest absolute Gasteiger partial charge is 0.339 e. The van der Waals surface area contributed by atoms with E-state index < -0.39 is 0 Å². The fourth-order valence-electron chi connectivity index (χ4n) is 1.00. The number of amidine groups is 1. The Morgan fingerprint density at radius 3 is 2.64 bits per heavy atom. The summed E-state index contributed by atoms with van der Waals surface area (Å²) in [5, 5.41) is 6.71. The fourth-order valence-corrected chi connectivity index (χ4v) is 1.37. The average molecular weight is 171 g/mol. The molecule has 0 fully saturated rings. The molecule has 0 unspecified atom stereocenters. The third kappa shape index (κ3) is 2.15. The molecular formula is C7H13N3S. The molecule has 2 N–H and O–H groups in total. The van der Waals surface area contributed by atoms with Gasteiger partial charge in [-0.15, -0.1) is 0 Å². The average Bonchev–Trinajstić information content (AvgIpc) is 1.83. The van der Waals surface area contributed by atoms with Crippen LogP contribution in [0.1, 0.15) is 27.2 Å². The molecule has 11 heavy (non-hydrogen) atoms. The summed E-state index contributed by atoms with van der Waals surface area (Å²) < 4.78 is 0. The summed E-state index contributed by atoms with van der Waals surface area (Å²) in [6.45, 7) is 6.04. The van der Waals surface area contributed by atoms with Gasteiger partial charge in [0, 0.05) is 6.42 Å². The van der Waals surface area contributed by atoms with Gasteiger partial charge in [-0.3, -0.25) is 0 Å². The highest BCUT2D eigenvalue weighted by molar-refractivity contribution is 7.80. The molecular weight excluding hydrogens is 158 g/mol. The maximum atomic E-state index is 4.99. The quantitative estimate of drug-likeness (QED) is 0.578. The van der Waals surface area contributed by atoms with Crippen LogP contribution in [0.2, 0.25) is 0 Å². The van der Waals surface area contributed by atoms with E-state index in [4.69, 9.17) is 12.2 Å². The molecule has 0 amide bonds. The summed E-state index contributed by atoms with van der Waals surface area (Å²) in [6.07, 6.45) is 0.894. The summed E-state index contributed by atoms with van der Waals surface area (Å²) >= 11 is 4.99. The Balaban J connectivity index is 2.82. The molecule has 0 spiro atoms. The van der Waals surface area contributed by atoms with Crippen LogP contribution in [-0.4, -0.2) is 16.6 Å². The van der Waals surface area contributed by atoms with Crippen LogP contribution in [0.15, 0.2) is 4.99 Å². The van der Waals surface area contributed by atoms with E-state index in [-0.39, 0.29) is 5.66 Å². The first kappa shape index (κ1) is 8.46. The molecule has 0 saturated heterocycles. The number of nitrogens with zero attached hydrogens (tertiary/aromatic N) is 1. The Morgan fingerprint density at radius 2 is 2.18 bits per heavy atom. The molecule has 0 saturated carbocycles. The fraction of sp³-hybridized carbons (Fsp3) is 0.714. The second kappa shape index (κ2) is 2.77. The van der Waals surface area contributed by atoms with Crippen molar-refractivity contribution in [1.82, 2.24) is 10.6 Å². The monoisotopic (exact) mass is 171 g/mol. The zero-order chi connectivity index (χ0) is 8.48. The highest BCUT2D eigenvalue weighted by Gasteiger charge is 2.22. The molecule has 0 aromatic carbocycles. The highest BCUT2D eigenvalue weighted by atomic mass is 32.1. The Hall–Kier alpha value is -0.640. The normalized spacial score (nSPS) is 21.7. The predicted octanol–water partition coefficient (Wildman–Crippen LogP) is 1.01. The van der Waals surface area contributed by atoms with Crippen molar-refractivity contribution in [3.8, 4) is 0 Å². The minimum absolute atomic E-state index is 0.242. The lowest BCUT2D eigenvalue weighted by Gasteiger charge is -2.30. The number of aliphatic imine (C=N–C) groups is 1. The Bertz CT molecular complexity index is 208. The summed E-state index contributed by atoms with van der Waals surface area (Å²) in [4.78, 5) is 4.39. The van der Waals surface area contributed by atoms with Crippen molar-refractivity contribution in [2.45, 2.75) is 32.9 Å². The van der Waals surface area contributed by atoms with E-state index in [0.29, 0.717) is 5.11 Å². The van der Waals surface area contributed by atoms with Crippen molar-refractivity contribution < 1.29 is 0 Å². The first-order valence-corrected chi connectivity index (χ1v) is 4.12. The first-order valence-electron chi connectivity index (χ1n) is 3.71. The van der Waals surface area contributed by atoms with Crippen LogP contribution in [0.4, 0.5) is 0 Å². The van der Waals surface area contributed by atoms with Crippen molar-refractivity contribution in [2.24, 2.45) is 4.99 Å². The Kier molecular flexibility index (Phi) is 2.13. The smallest absolute Gasteiger partial charge is 0.173 e. The summed E-state index contributed by atoms with van der Waals surface area (Å²) in [5.41, 5.74) is -0.242. The highest BCUT2D eigenvalue weighted by Crippen LogP contribution is 2.08. The molecule has 3 nitrogen and oxygen atoms in total. The minimum atomic E-state index is -0.242. The molecule has 1 heterocycles. The van der Waals surface area contributed by atoms with E-state index in [9.17, 15) is 0 Å². The minimum Gasteiger partial charge on any atom is -0.339 e. The topological polar surface area (TPSA) is 36.4 Å². The molecule has 0 atom stereocenters. The van der Waals surface area contributed by atoms with Gasteiger partial charge in [0.1, 0.15) is 11.5 Å². The van der Waals surface area contributed by atoms with Gasteiger partial charge in [0.25, 0.3) is 0 Å². The predicted molar refractivity (Wildman–Crippen MR) is 50.7 cm³/mol. The molecule has 4 heteroatoms. The lowest BCUT2D eigenvalue weighted by molar-refractivity contribution is 0.472.